The summed E-state index contributed by atoms with van der Waals surface area (Å²) in [6.07, 6.45) is 0. The zero-order chi connectivity index (χ0) is 19.4. The van der Waals surface area contributed by atoms with Gasteiger partial charge in [0.25, 0.3) is 0 Å². The second-order valence-electron chi connectivity index (χ2n) is 6.37. The lowest BCUT2D eigenvalue weighted by atomic mass is 10.1. The molecule has 1 N–H and O–H groups in total. The second kappa shape index (κ2) is 7.86. The summed E-state index contributed by atoms with van der Waals surface area (Å²) in [7, 11) is 0. The summed E-state index contributed by atoms with van der Waals surface area (Å²) in [4.78, 5) is 35.9. The van der Waals surface area contributed by atoms with E-state index in [1.807, 2.05) is 12.1 Å². The van der Waals surface area contributed by atoms with E-state index in [2.05, 4.69) is 5.32 Å². The van der Waals surface area contributed by atoms with Crippen molar-refractivity contribution in [2.75, 3.05) is 11.9 Å². The Morgan fingerprint density at radius 1 is 1.04 bits per heavy atom. The lowest BCUT2D eigenvalue weighted by molar-refractivity contribution is -0.118. The molecule has 0 saturated heterocycles. The van der Waals surface area contributed by atoms with Crippen molar-refractivity contribution < 1.29 is 23.5 Å². The van der Waals surface area contributed by atoms with Crippen molar-refractivity contribution in [3.05, 3.63) is 65.9 Å². The average Bonchev–Trinajstić information content (AvgIpc) is 3.10. The molecule has 0 fully saturated rings. The van der Waals surface area contributed by atoms with E-state index >= 15 is 0 Å². The molecule has 0 bridgehead atoms. The summed E-state index contributed by atoms with van der Waals surface area (Å²) < 4.78 is 10.5. The average molecular weight is 365 g/mol. The van der Waals surface area contributed by atoms with Crippen LogP contribution in [-0.4, -0.2) is 24.3 Å². The van der Waals surface area contributed by atoms with Crippen molar-refractivity contribution in [2.45, 2.75) is 13.8 Å². The molecular formula is C21H19NO5. The Labute approximate surface area is 156 Å². The Bertz CT molecular complexity index is 952. The maximum atomic E-state index is 12.2. The number of Topliss-reactive ketones (excluding diaryl/α,β-unsaturated/α-hetero) is 1. The van der Waals surface area contributed by atoms with Crippen LogP contribution in [0.5, 0.6) is 0 Å². The van der Waals surface area contributed by atoms with Gasteiger partial charge in [-0.15, -0.1) is 0 Å². The van der Waals surface area contributed by atoms with Gasteiger partial charge in [0.1, 0.15) is 5.58 Å². The number of furan rings is 1. The van der Waals surface area contributed by atoms with Gasteiger partial charge in [0, 0.05) is 22.6 Å². The molecule has 6 heteroatoms. The Balaban J connectivity index is 1.58. The summed E-state index contributed by atoms with van der Waals surface area (Å²) in [6.45, 7) is 3.20. The number of nitrogens with one attached hydrogen (secondary N) is 1. The number of esters is 1. The molecule has 1 heterocycles. The molecule has 138 valence electrons. The molecule has 0 unspecified atom stereocenters. The number of fused-ring (bicyclic) bond motifs is 1. The number of benzene rings is 2. The van der Waals surface area contributed by atoms with E-state index in [0.717, 1.165) is 5.39 Å². The van der Waals surface area contributed by atoms with Crippen molar-refractivity contribution >= 4 is 34.3 Å². The number of carbonyl (C=O) groups is 3. The number of amides is 1. The van der Waals surface area contributed by atoms with Crippen molar-refractivity contribution in [1.82, 2.24) is 0 Å². The van der Waals surface area contributed by atoms with Crippen LogP contribution in [0.25, 0.3) is 11.0 Å². The summed E-state index contributed by atoms with van der Waals surface area (Å²) in [5.74, 6) is -1.23. The predicted octanol–water partition coefficient (Wildman–Crippen LogP) is 4.07. The number of rotatable bonds is 6. The van der Waals surface area contributed by atoms with Gasteiger partial charge in [-0.25, -0.2) is 4.79 Å². The summed E-state index contributed by atoms with van der Waals surface area (Å²) in [5.41, 5.74) is 1.56. The summed E-state index contributed by atoms with van der Waals surface area (Å²) in [6, 6.07) is 15.2. The molecule has 0 aliphatic rings. The van der Waals surface area contributed by atoms with E-state index in [1.165, 1.54) is 0 Å². The van der Waals surface area contributed by atoms with Gasteiger partial charge in [-0.05, 0) is 36.4 Å². The minimum atomic E-state index is -0.694. The topological polar surface area (TPSA) is 85.6 Å². The third-order valence-corrected chi connectivity index (χ3v) is 3.96. The van der Waals surface area contributed by atoms with Crippen LogP contribution < -0.4 is 5.32 Å². The number of para-hydroxylation sites is 1. The number of carbonyl (C=O) groups excluding carboxylic acids is 3. The molecule has 0 radical (unpaired) electrons. The van der Waals surface area contributed by atoms with Crippen molar-refractivity contribution in [1.29, 1.82) is 0 Å². The Hall–Kier alpha value is -3.41. The van der Waals surface area contributed by atoms with Crippen LogP contribution in [0, 0.1) is 5.92 Å². The van der Waals surface area contributed by atoms with Gasteiger partial charge < -0.3 is 14.5 Å². The number of ether oxygens (including phenoxy) is 1. The molecule has 0 aliphatic carbocycles. The number of ketones is 1. The molecule has 0 aliphatic heterocycles. The van der Waals surface area contributed by atoms with Crippen LogP contribution in [0.3, 0.4) is 0 Å². The standard InChI is InChI=1S/C21H19NO5/c1-13(2)20(24)22-16-9-7-14(8-10-16)17(23)12-26-21(25)19-11-15-5-3-4-6-18(15)27-19/h3-11,13H,12H2,1-2H3,(H,22,24). The molecule has 6 nitrogen and oxygen atoms in total. The highest BCUT2D eigenvalue weighted by Gasteiger charge is 2.16. The number of anilines is 1. The minimum Gasteiger partial charge on any atom is -0.451 e. The van der Waals surface area contributed by atoms with Gasteiger partial charge in [0.2, 0.25) is 11.7 Å². The molecule has 3 rings (SSSR count). The van der Waals surface area contributed by atoms with E-state index in [-0.39, 0.29) is 23.4 Å². The number of hydrogen-bond acceptors (Lipinski definition) is 5. The second-order valence-corrected chi connectivity index (χ2v) is 6.37. The van der Waals surface area contributed by atoms with E-state index in [4.69, 9.17) is 9.15 Å². The number of hydrogen-bond donors (Lipinski definition) is 1. The van der Waals surface area contributed by atoms with Crippen molar-refractivity contribution in [3.63, 3.8) is 0 Å². The van der Waals surface area contributed by atoms with Gasteiger partial charge in [-0.3, -0.25) is 9.59 Å². The third-order valence-electron chi connectivity index (χ3n) is 3.96. The maximum absolute atomic E-state index is 12.2. The Kier molecular flexibility index (Phi) is 5.35. The molecule has 0 spiro atoms. The van der Waals surface area contributed by atoms with Gasteiger partial charge in [-0.2, -0.15) is 0 Å². The fraction of sp³-hybridized carbons (Fsp3) is 0.190. The first kappa shape index (κ1) is 18.4. The van der Waals surface area contributed by atoms with Gasteiger partial charge in [-0.1, -0.05) is 32.0 Å². The summed E-state index contributed by atoms with van der Waals surface area (Å²) in [5, 5.41) is 3.53. The molecular weight excluding hydrogens is 346 g/mol. The predicted molar refractivity (Wildman–Crippen MR) is 101 cm³/mol. The normalized spacial score (nSPS) is 10.8. The van der Waals surface area contributed by atoms with Crippen LogP contribution in [0.15, 0.2) is 59.0 Å². The lowest BCUT2D eigenvalue weighted by Crippen LogP contribution is -2.18. The van der Waals surface area contributed by atoms with Gasteiger partial charge >= 0.3 is 5.97 Å². The SMILES string of the molecule is CC(C)C(=O)Nc1ccc(C(=O)COC(=O)c2cc3ccccc3o2)cc1. The highest BCUT2D eigenvalue weighted by Crippen LogP contribution is 2.19. The van der Waals surface area contributed by atoms with Crippen LogP contribution in [-0.2, 0) is 9.53 Å². The fourth-order valence-electron chi connectivity index (χ4n) is 2.39. The quantitative estimate of drug-likeness (QED) is 0.526. The Morgan fingerprint density at radius 2 is 1.74 bits per heavy atom. The molecule has 2 aromatic carbocycles. The monoisotopic (exact) mass is 365 g/mol. The van der Waals surface area contributed by atoms with E-state index in [9.17, 15) is 14.4 Å². The summed E-state index contributed by atoms with van der Waals surface area (Å²) >= 11 is 0. The van der Waals surface area contributed by atoms with E-state index in [1.54, 1.807) is 56.3 Å². The fourth-order valence-corrected chi connectivity index (χ4v) is 2.39. The first-order valence-corrected chi connectivity index (χ1v) is 8.54. The van der Waals surface area contributed by atoms with Crippen molar-refractivity contribution in [3.8, 4) is 0 Å². The van der Waals surface area contributed by atoms with Gasteiger partial charge in [0.05, 0.1) is 0 Å². The highest BCUT2D eigenvalue weighted by molar-refractivity contribution is 6.00. The van der Waals surface area contributed by atoms with Crippen LogP contribution in [0.4, 0.5) is 5.69 Å². The molecule has 0 saturated carbocycles. The highest BCUT2D eigenvalue weighted by atomic mass is 16.5. The molecule has 0 atom stereocenters. The zero-order valence-corrected chi connectivity index (χ0v) is 15.0. The van der Waals surface area contributed by atoms with Crippen LogP contribution in [0.2, 0.25) is 0 Å². The third kappa shape index (κ3) is 4.41. The van der Waals surface area contributed by atoms with Crippen LogP contribution >= 0.6 is 0 Å². The lowest BCUT2D eigenvalue weighted by Gasteiger charge is -2.08. The molecule has 27 heavy (non-hydrogen) atoms. The van der Waals surface area contributed by atoms with Crippen molar-refractivity contribution in [2.24, 2.45) is 5.92 Å². The molecule has 1 amide bonds. The van der Waals surface area contributed by atoms with Crippen LogP contribution in [0.1, 0.15) is 34.8 Å². The van der Waals surface area contributed by atoms with E-state index < -0.39 is 12.6 Å². The minimum absolute atomic E-state index is 0.0516. The largest absolute Gasteiger partial charge is 0.451 e. The maximum Gasteiger partial charge on any atom is 0.374 e. The zero-order valence-electron chi connectivity index (χ0n) is 15.0. The Morgan fingerprint density at radius 3 is 2.41 bits per heavy atom. The first-order valence-electron chi connectivity index (χ1n) is 8.54. The molecule has 1 aromatic heterocycles. The first-order chi connectivity index (χ1) is 12.9. The molecule has 3 aromatic rings. The van der Waals surface area contributed by atoms with E-state index in [0.29, 0.717) is 16.8 Å². The smallest absolute Gasteiger partial charge is 0.374 e. The van der Waals surface area contributed by atoms with Gasteiger partial charge in [0.15, 0.2) is 12.4 Å².